The molecule has 0 bridgehead atoms. The van der Waals surface area contributed by atoms with E-state index in [9.17, 15) is 22.4 Å². The monoisotopic (exact) mass is 325 g/mol. The summed E-state index contributed by atoms with van der Waals surface area (Å²) in [5, 5.41) is 0. The summed E-state index contributed by atoms with van der Waals surface area (Å²) in [6.07, 6.45) is -4.34. The van der Waals surface area contributed by atoms with Gasteiger partial charge < -0.3 is 4.90 Å². The van der Waals surface area contributed by atoms with Crippen LogP contribution in [-0.2, 0) is 23.9 Å². The molecule has 0 spiro atoms. The standard InChI is InChI=1S/C17H15F4NO/c1-22(16(23)10-12-5-7-15(18)8-6-12)11-13-3-2-4-14(9-13)17(19,20)21/h2-9H,10-11H2,1H3. The summed E-state index contributed by atoms with van der Waals surface area (Å²) in [4.78, 5) is 13.4. The molecular formula is C17H15F4NO. The van der Waals surface area contributed by atoms with Crippen molar-refractivity contribution < 1.29 is 22.4 Å². The van der Waals surface area contributed by atoms with E-state index in [1.54, 1.807) is 0 Å². The maximum absolute atomic E-state index is 12.8. The molecule has 0 saturated heterocycles. The summed E-state index contributed by atoms with van der Waals surface area (Å²) in [6, 6.07) is 10.4. The van der Waals surface area contributed by atoms with Crippen LogP contribution in [0.25, 0.3) is 0 Å². The zero-order valence-corrected chi connectivity index (χ0v) is 12.4. The summed E-state index contributed by atoms with van der Waals surface area (Å²) in [6.45, 7) is 0.0734. The molecule has 0 atom stereocenters. The Hall–Kier alpha value is -2.37. The van der Waals surface area contributed by atoms with Crippen LogP contribution in [0.4, 0.5) is 17.6 Å². The molecule has 2 nitrogen and oxygen atoms in total. The van der Waals surface area contributed by atoms with Gasteiger partial charge in [-0.05, 0) is 35.4 Å². The van der Waals surface area contributed by atoms with Crippen LogP contribution >= 0.6 is 0 Å². The van der Waals surface area contributed by atoms with Crippen molar-refractivity contribution in [3.05, 3.63) is 71.0 Å². The van der Waals surface area contributed by atoms with Crippen LogP contribution in [0.5, 0.6) is 0 Å². The summed E-state index contributed by atoms with van der Waals surface area (Å²) in [5.74, 6) is -0.646. The number of amides is 1. The van der Waals surface area contributed by atoms with Gasteiger partial charge in [0, 0.05) is 13.6 Å². The van der Waals surface area contributed by atoms with Gasteiger partial charge in [0.25, 0.3) is 0 Å². The van der Waals surface area contributed by atoms with Crippen LogP contribution in [0.3, 0.4) is 0 Å². The van der Waals surface area contributed by atoms with Crippen molar-refractivity contribution in [2.45, 2.75) is 19.1 Å². The first-order chi connectivity index (χ1) is 10.8. The molecule has 1 amide bonds. The Bertz CT molecular complexity index is 680. The summed E-state index contributed by atoms with van der Waals surface area (Å²) in [7, 11) is 1.52. The van der Waals surface area contributed by atoms with E-state index in [1.807, 2.05) is 0 Å². The van der Waals surface area contributed by atoms with Crippen molar-refractivity contribution in [2.75, 3.05) is 7.05 Å². The number of nitrogens with zero attached hydrogens (tertiary/aromatic N) is 1. The highest BCUT2D eigenvalue weighted by atomic mass is 19.4. The molecule has 2 aromatic carbocycles. The second-order valence-electron chi connectivity index (χ2n) is 5.25. The van der Waals surface area contributed by atoms with Crippen molar-refractivity contribution in [3.8, 4) is 0 Å². The lowest BCUT2D eigenvalue weighted by molar-refractivity contribution is -0.137. The number of halogens is 4. The van der Waals surface area contributed by atoms with Gasteiger partial charge in [-0.2, -0.15) is 13.2 Å². The van der Waals surface area contributed by atoms with E-state index < -0.39 is 17.6 Å². The van der Waals surface area contributed by atoms with Crippen molar-refractivity contribution in [1.29, 1.82) is 0 Å². The van der Waals surface area contributed by atoms with Gasteiger partial charge in [-0.1, -0.05) is 24.3 Å². The number of carbonyl (C=O) groups is 1. The average molecular weight is 325 g/mol. The van der Waals surface area contributed by atoms with E-state index in [0.717, 1.165) is 12.1 Å². The Morgan fingerprint density at radius 2 is 1.70 bits per heavy atom. The number of carbonyl (C=O) groups excluding carboxylic acids is 1. The fourth-order valence-corrected chi connectivity index (χ4v) is 2.12. The molecule has 122 valence electrons. The molecule has 0 radical (unpaired) electrons. The van der Waals surface area contributed by atoms with Crippen molar-refractivity contribution in [2.24, 2.45) is 0 Å². The van der Waals surface area contributed by atoms with Crippen LogP contribution < -0.4 is 0 Å². The van der Waals surface area contributed by atoms with Crippen LogP contribution in [0.1, 0.15) is 16.7 Å². The molecule has 0 fully saturated rings. The minimum atomic E-state index is -4.41. The first-order valence-electron chi connectivity index (χ1n) is 6.90. The normalized spacial score (nSPS) is 11.3. The third-order valence-corrected chi connectivity index (χ3v) is 3.37. The topological polar surface area (TPSA) is 20.3 Å². The zero-order valence-electron chi connectivity index (χ0n) is 12.4. The SMILES string of the molecule is CN(Cc1cccc(C(F)(F)F)c1)C(=O)Cc1ccc(F)cc1. The Morgan fingerprint density at radius 3 is 2.30 bits per heavy atom. The highest BCUT2D eigenvalue weighted by molar-refractivity contribution is 5.78. The van der Waals surface area contributed by atoms with Gasteiger partial charge in [0.1, 0.15) is 5.82 Å². The second kappa shape index (κ2) is 6.81. The van der Waals surface area contributed by atoms with E-state index in [1.165, 1.54) is 48.3 Å². The fourth-order valence-electron chi connectivity index (χ4n) is 2.12. The molecular weight excluding hydrogens is 310 g/mol. The van der Waals surface area contributed by atoms with Crippen molar-refractivity contribution in [1.82, 2.24) is 4.90 Å². The van der Waals surface area contributed by atoms with E-state index in [4.69, 9.17) is 0 Å². The minimum absolute atomic E-state index is 0.0652. The quantitative estimate of drug-likeness (QED) is 0.777. The minimum Gasteiger partial charge on any atom is -0.341 e. The smallest absolute Gasteiger partial charge is 0.341 e. The highest BCUT2D eigenvalue weighted by Gasteiger charge is 2.30. The Balaban J connectivity index is 2.02. The first kappa shape index (κ1) is 17.0. The van der Waals surface area contributed by atoms with Crippen LogP contribution in [0.2, 0.25) is 0 Å². The number of benzene rings is 2. The molecule has 2 aromatic rings. The van der Waals surface area contributed by atoms with Crippen LogP contribution in [0, 0.1) is 5.82 Å². The molecule has 0 N–H and O–H groups in total. The molecule has 0 saturated carbocycles. The summed E-state index contributed by atoms with van der Waals surface area (Å²) in [5.41, 5.74) is 0.302. The van der Waals surface area contributed by atoms with Crippen LogP contribution in [0.15, 0.2) is 48.5 Å². The molecule has 0 aliphatic carbocycles. The van der Waals surface area contributed by atoms with E-state index in [2.05, 4.69) is 0 Å². The average Bonchev–Trinajstić information content (AvgIpc) is 2.49. The first-order valence-corrected chi connectivity index (χ1v) is 6.90. The molecule has 23 heavy (non-hydrogen) atoms. The van der Waals surface area contributed by atoms with Crippen LogP contribution in [-0.4, -0.2) is 17.9 Å². The molecule has 0 aliphatic rings. The Kier molecular flexibility index (Phi) is 5.03. The third kappa shape index (κ3) is 4.81. The van der Waals surface area contributed by atoms with Gasteiger partial charge in [-0.3, -0.25) is 4.79 Å². The molecule has 0 heterocycles. The lowest BCUT2D eigenvalue weighted by Gasteiger charge is -2.18. The maximum atomic E-state index is 12.8. The third-order valence-electron chi connectivity index (χ3n) is 3.37. The number of alkyl halides is 3. The van der Waals surface area contributed by atoms with Gasteiger partial charge >= 0.3 is 6.18 Å². The predicted octanol–water partition coefficient (Wildman–Crippen LogP) is 4.05. The van der Waals surface area contributed by atoms with Gasteiger partial charge in [-0.25, -0.2) is 4.39 Å². The van der Waals surface area contributed by atoms with Gasteiger partial charge in [0.2, 0.25) is 5.91 Å². The number of likely N-dealkylation sites (N-methyl/N-ethyl adjacent to an activating group) is 1. The van der Waals surface area contributed by atoms with Crippen molar-refractivity contribution in [3.63, 3.8) is 0 Å². The largest absolute Gasteiger partial charge is 0.416 e. The molecule has 0 aromatic heterocycles. The molecule has 2 rings (SSSR count). The number of rotatable bonds is 4. The molecule has 6 heteroatoms. The Morgan fingerprint density at radius 1 is 1.04 bits per heavy atom. The van der Waals surface area contributed by atoms with E-state index in [0.29, 0.717) is 11.1 Å². The van der Waals surface area contributed by atoms with E-state index in [-0.39, 0.29) is 18.9 Å². The van der Waals surface area contributed by atoms with Gasteiger partial charge in [0.05, 0.1) is 12.0 Å². The molecule has 0 unspecified atom stereocenters. The lowest BCUT2D eigenvalue weighted by atomic mass is 10.1. The number of hydrogen-bond donors (Lipinski definition) is 0. The Labute approximate surface area is 131 Å². The highest BCUT2D eigenvalue weighted by Crippen LogP contribution is 2.29. The zero-order chi connectivity index (χ0) is 17.0. The predicted molar refractivity (Wildman–Crippen MR) is 78.0 cm³/mol. The molecule has 0 aliphatic heterocycles. The van der Waals surface area contributed by atoms with Gasteiger partial charge in [0.15, 0.2) is 0 Å². The fraction of sp³-hybridized carbons (Fsp3) is 0.235. The van der Waals surface area contributed by atoms with Crippen molar-refractivity contribution >= 4 is 5.91 Å². The lowest BCUT2D eigenvalue weighted by Crippen LogP contribution is -2.27. The maximum Gasteiger partial charge on any atom is 0.416 e. The van der Waals surface area contributed by atoms with Gasteiger partial charge in [-0.15, -0.1) is 0 Å². The summed E-state index contributed by atoms with van der Waals surface area (Å²) >= 11 is 0. The number of hydrogen-bond acceptors (Lipinski definition) is 1. The summed E-state index contributed by atoms with van der Waals surface area (Å²) < 4.78 is 50.8. The van der Waals surface area contributed by atoms with E-state index >= 15 is 0 Å². The second-order valence-corrected chi connectivity index (χ2v) is 5.25.